The highest BCUT2D eigenvalue weighted by atomic mass is 35.5. The van der Waals surface area contributed by atoms with Gasteiger partial charge in [-0.25, -0.2) is 0 Å². The van der Waals surface area contributed by atoms with Gasteiger partial charge in [-0.3, -0.25) is 9.59 Å². The second-order valence-corrected chi connectivity index (χ2v) is 4.28. The number of esters is 2. The topological polar surface area (TPSA) is 52.6 Å². The SMILES string of the molecule is CC1(C(=O)OCCCCl)CCC(=O)OC1. The predicted octanol–water partition coefficient (Wildman–Crippen LogP) is 1.50. The van der Waals surface area contributed by atoms with Gasteiger partial charge in [-0.1, -0.05) is 0 Å². The van der Waals surface area contributed by atoms with Crippen LogP contribution >= 0.6 is 11.6 Å². The van der Waals surface area contributed by atoms with Crippen LogP contribution in [0, 0.1) is 5.41 Å². The first kappa shape index (κ1) is 12.3. The minimum Gasteiger partial charge on any atom is -0.465 e. The first-order valence-corrected chi connectivity index (χ1v) is 5.51. The normalized spacial score (nSPS) is 25.9. The lowest BCUT2D eigenvalue weighted by molar-refractivity contribution is -0.169. The van der Waals surface area contributed by atoms with Crippen LogP contribution in [0.3, 0.4) is 0 Å². The van der Waals surface area contributed by atoms with Crippen molar-refractivity contribution >= 4 is 23.5 Å². The summed E-state index contributed by atoms with van der Waals surface area (Å²) in [6.45, 7) is 2.19. The van der Waals surface area contributed by atoms with Gasteiger partial charge in [-0.2, -0.15) is 0 Å². The molecule has 0 aromatic heterocycles. The van der Waals surface area contributed by atoms with Crippen molar-refractivity contribution in [2.24, 2.45) is 5.41 Å². The fourth-order valence-electron chi connectivity index (χ4n) is 1.32. The monoisotopic (exact) mass is 234 g/mol. The maximum Gasteiger partial charge on any atom is 0.315 e. The number of halogens is 1. The summed E-state index contributed by atoms with van der Waals surface area (Å²) in [7, 11) is 0. The van der Waals surface area contributed by atoms with Crippen molar-refractivity contribution in [3.8, 4) is 0 Å². The van der Waals surface area contributed by atoms with Crippen LogP contribution in [0.4, 0.5) is 0 Å². The van der Waals surface area contributed by atoms with E-state index < -0.39 is 5.41 Å². The van der Waals surface area contributed by atoms with Crippen LogP contribution in [-0.4, -0.2) is 31.0 Å². The van der Waals surface area contributed by atoms with E-state index in [-0.39, 0.29) is 25.0 Å². The number of cyclic esters (lactones) is 1. The molecule has 1 fully saturated rings. The van der Waals surface area contributed by atoms with Crippen LogP contribution in [0.5, 0.6) is 0 Å². The smallest absolute Gasteiger partial charge is 0.315 e. The molecule has 0 aromatic rings. The van der Waals surface area contributed by atoms with E-state index in [0.717, 1.165) is 0 Å². The fraction of sp³-hybridized carbons (Fsp3) is 0.800. The van der Waals surface area contributed by atoms with Crippen molar-refractivity contribution in [3.05, 3.63) is 0 Å². The molecular weight excluding hydrogens is 220 g/mol. The molecular formula is C10H15ClO4. The minimum atomic E-state index is -0.680. The molecule has 15 heavy (non-hydrogen) atoms. The van der Waals surface area contributed by atoms with Crippen molar-refractivity contribution in [1.82, 2.24) is 0 Å². The van der Waals surface area contributed by atoms with Gasteiger partial charge < -0.3 is 9.47 Å². The van der Waals surface area contributed by atoms with Crippen LogP contribution in [0.25, 0.3) is 0 Å². The summed E-state index contributed by atoms with van der Waals surface area (Å²) in [6.07, 6.45) is 1.41. The van der Waals surface area contributed by atoms with Gasteiger partial charge in [-0.15, -0.1) is 11.6 Å². The van der Waals surface area contributed by atoms with E-state index >= 15 is 0 Å². The predicted molar refractivity (Wildman–Crippen MR) is 54.6 cm³/mol. The van der Waals surface area contributed by atoms with Crippen LogP contribution in [0.2, 0.25) is 0 Å². The number of rotatable bonds is 4. The highest BCUT2D eigenvalue weighted by Crippen LogP contribution is 2.29. The van der Waals surface area contributed by atoms with E-state index in [4.69, 9.17) is 21.1 Å². The molecule has 1 rings (SSSR count). The lowest BCUT2D eigenvalue weighted by Crippen LogP contribution is -2.39. The zero-order valence-electron chi connectivity index (χ0n) is 8.75. The van der Waals surface area contributed by atoms with Crippen molar-refractivity contribution < 1.29 is 19.1 Å². The molecule has 4 nitrogen and oxygen atoms in total. The molecule has 1 aliphatic rings. The Balaban J connectivity index is 2.40. The van der Waals surface area contributed by atoms with E-state index in [1.54, 1.807) is 6.92 Å². The molecule has 0 radical (unpaired) electrons. The molecule has 1 saturated heterocycles. The number of hydrogen-bond donors (Lipinski definition) is 0. The number of carbonyl (C=O) groups excluding carboxylic acids is 2. The van der Waals surface area contributed by atoms with Crippen molar-refractivity contribution in [3.63, 3.8) is 0 Å². The van der Waals surface area contributed by atoms with Gasteiger partial charge in [0.05, 0.1) is 12.0 Å². The van der Waals surface area contributed by atoms with Gasteiger partial charge in [0.25, 0.3) is 0 Å². The Morgan fingerprint density at radius 2 is 2.40 bits per heavy atom. The third-order valence-electron chi connectivity index (χ3n) is 2.44. The average Bonchev–Trinajstić information content (AvgIpc) is 2.23. The van der Waals surface area contributed by atoms with Gasteiger partial charge in [0.15, 0.2) is 0 Å². The molecule has 0 bridgehead atoms. The second kappa shape index (κ2) is 5.35. The molecule has 1 aliphatic heterocycles. The third-order valence-corrected chi connectivity index (χ3v) is 2.70. The fourth-order valence-corrected chi connectivity index (χ4v) is 1.43. The largest absolute Gasteiger partial charge is 0.465 e. The Labute approximate surface area is 93.9 Å². The third kappa shape index (κ3) is 3.38. The van der Waals surface area contributed by atoms with Crippen LogP contribution in [0.1, 0.15) is 26.2 Å². The number of hydrogen-bond acceptors (Lipinski definition) is 4. The van der Waals surface area contributed by atoms with Gasteiger partial charge in [0.2, 0.25) is 0 Å². The van der Waals surface area contributed by atoms with Crippen molar-refractivity contribution in [2.45, 2.75) is 26.2 Å². The summed E-state index contributed by atoms with van der Waals surface area (Å²) < 4.78 is 9.90. The van der Waals surface area contributed by atoms with Gasteiger partial charge >= 0.3 is 11.9 Å². The number of alkyl halides is 1. The molecule has 86 valence electrons. The average molecular weight is 235 g/mol. The molecule has 1 heterocycles. The lowest BCUT2D eigenvalue weighted by atomic mass is 9.85. The molecule has 1 atom stereocenters. The molecule has 0 N–H and O–H groups in total. The van der Waals surface area contributed by atoms with Gasteiger partial charge in [0.1, 0.15) is 6.61 Å². The van der Waals surface area contributed by atoms with E-state index in [9.17, 15) is 9.59 Å². The summed E-state index contributed by atoms with van der Waals surface area (Å²) in [6, 6.07) is 0. The molecule has 1 unspecified atom stereocenters. The Bertz CT molecular complexity index is 242. The maximum atomic E-state index is 11.6. The Kier molecular flexibility index (Phi) is 4.39. The van der Waals surface area contributed by atoms with E-state index in [2.05, 4.69) is 0 Å². The molecule has 0 saturated carbocycles. The van der Waals surface area contributed by atoms with Gasteiger partial charge in [0, 0.05) is 12.3 Å². The zero-order chi connectivity index (χ0) is 11.3. The summed E-state index contributed by atoms with van der Waals surface area (Å²) in [5.41, 5.74) is -0.680. The molecule has 5 heteroatoms. The number of carbonyl (C=O) groups is 2. The summed E-state index contributed by atoms with van der Waals surface area (Å²) >= 11 is 5.46. The summed E-state index contributed by atoms with van der Waals surface area (Å²) in [5.74, 6) is -0.0833. The lowest BCUT2D eigenvalue weighted by Gasteiger charge is -2.30. The van der Waals surface area contributed by atoms with Gasteiger partial charge in [-0.05, 0) is 19.8 Å². The van der Waals surface area contributed by atoms with E-state index in [0.29, 0.717) is 25.3 Å². The van der Waals surface area contributed by atoms with Crippen LogP contribution in [0.15, 0.2) is 0 Å². The first-order valence-electron chi connectivity index (χ1n) is 4.97. The Morgan fingerprint density at radius 1 is 1.67 bits per heavy atom. The number of ether oxygens (including phenoxy) is 2. The highest BCUT2D eigenvalue weighted by molar-refractivity contribution is 6.17. The minimum absolute atomic E-state index is 0.117. The van der Waals surface area contributed by atoms with Crippen LogP contribution < -0.4 is 0 Å². The zero-order valence-corrected chi connectivity index (χ0v) is 9.51. The first-order chi connectivity index (χ1) is 7.08. The second-order valence-electron chi connectivity index (χ2n) is 3.90. The van der Waals surface area contributed by atoms with Crippen molar-refractivity contribution in [2.75, 3.05) is 19.1 Å². The molecule has 0 spiro atoms. The molecule has 0 amide bonds. The Hall–Kier alpha value is -0.770. The summed E-state index contributed by atoms with van der Waals surface area (Å²) in [5, 5.41) is 0. The standard InChI is InChI=1S/C10H15ClO4/c1-10(4-3-8(12)15-7-10)9(13)14-6-2-5-11/h2-7H2,1H3. The highest BCUT2D eigenvalue weighted by Gasteiger charge is 2.39. The Morgan fingerprint density at radius 3 is 2.93 bits per heavy atom. The quantitative estimate of drug-likeness (QED) is 0.420. The molecule has 0 aliphatic carbocycles. The van der Waals surface area contributed by atoms with E-state index in [1.807, 2.05) is 0 Å². The molecule has 0 aromatic carbocycles. The van der Waals surface area contributed by atoms with E-state index in [1.165, 1.54) is 0 Å². The summed E-state index contributed by atoms with van der Waals surface area (Å²) in [4.78, 5) is 22.5. The van der Waals surface area contributed by atoms with Crippen LogP contribution in [-0.2, 0) is 19.1 Å². The van der Waals surface area contributed by atoms with Crippen molar-refractivity contribution in [1.29, 1.82) is 0 Å². The maximum absolute atomic E-state index is 11.6.